The first-order valence-corrected chi connectivity index (χ1v) is 10.6. The zero-order chi connectivity index (χ0) is 24.0. The van der Waals surface area contributed by atoms with Gasteiger partial charge in [-0.3, -0.25) is 0 Å². The standard InChI is InChI=1S/C19H36N2O11/c1-8(18(26)27)30-17-13(20-2)12(31-11(5-23)16(17)25)7-29-6-9-10(4-22)32-19(28)14(21-3)15(9)24/h8-17,19-25,28H,4-7H2,1-3H3,(H,26,27)/t8?,9-,10?,11?,12+,13?,14?,15-,16-,17+,19-/m1/s1. The highest BCUT2D eigenvalue weighted by Gasteiger charge is 2.47. The van der Waals surface area contributed by atoms with Gasteiger partial charge in [0, 0.05) is 5.92 Å². The SMILES string of the molecule is CNC1[C@H](O)OC(CO)[C@@H](COC[C@@H]2OC(CO)[C@@H](O)[C@@H](OC(C)C(=O)O)C2NC)[C@H]1O. The maximum Gasteiger partial charge on any atom is 0.332 e. The van der Waals surface area contributed by atoms with Crippen LogP contribution in [0, 0.1) is 5.92 Å². The van der Waals surface area contributed by atoms with Gasteiger partial charge < -0.3 is 60.2 Å². The van der Waals surface area contributed by atoms with Crippen molar-refractivity contribution in [2.45, 2.75) is 68.0 Å². The number of aliphatic hydroxyl groups is 5. The fourth-order valence-electron chi connectivity index (χ4n) is 4.17. The Balaban J connectivity index is 2.06. The summed E-state index contributed by atoms with van der Waals surface area (Å²) in [7, 11) is 3.15. The van der Waals surface area contributed by atoms with Gasteiger partial charge in [-0.2, -0.15) is 0 Å². The van der Waals surface area contributed by atoms with Gasteiger partial charge in [-0.05, 0) is 21.0 Å². The lowest BCUT2D eigenvalue weighted by atomic mass is 9.88. The molecule has 2 heterocycles. The van der Waals surface area contributed by atoms with E-state index in [1.807, 2.05) is 0 Å². The number of aliphatic hydroxyl groups excluding tert-OH is 5. The Labute approximate surface area is 186 Å². The van der Waals surface area contributed by atoms with E-state index >= 15 is 0 Å². The first kappa shape index (κ1) is 27.3. The lowest BCUT2D eigenvalue weighted by molar-refractivity contribution is -0.250. The van der Waals surface area contributed by atoms with E-state index in [0.29, 0.717) is 0 Å². The molecule has 2 fully saturated rings. The number of rotatable bonds is 11. The third-order valence-corrected chi connectivity index (χ3v) is 6.06. The van der Waals surface area contributed by atoms with E-state index in [0.717, 1.165) is 0 Å². The Morgan fingerprint density at radius 1 is 0.938 bits per heavy atom. The molecule has 0 spiro atoms. The fraction of sp³-hybridized carbons (Fsp3) is 0.947. The molecule has 0 amide bonds. The van der Waals surface area contributed by atoms with Crippen LogP contribution in [0.5, 0.6) is 0 Å². The van der Waals surface area contributed by atoms with E-state index in [2.05, 4.69) is 10.6 Å². The number of likely N-dealkylation sites (N-methyl/N-ethyl adjacent to an activating group) is 2. The Morgan fingerprint density at radius 2 is 1.56 bits per heavy atom. The third kappa shape index (κ3) is 6.12. The van der Waals surface area contributed by atoms with Crippen molar-refractivity contribution in [3.63, 3.8) is 0 Å². The van der Waals surface area contributed by atoms with Gasteiger partial charge in [0.1, 0.15) is 18.3 Å². The summed E-state index contributed by atoms with van der Waals surface area (Å²) in [5.74, 6) is -1.86. The van der Waals surface area contributed by atoms with Gasteiger partial charge in [-0.1, -0.05) is 0 Å². The van der Waals surface area contributed by atoms with Crippen molar-refractivity contribution in [1.82, 2.24) is 10.6 Å². The summed E-state index contributed by atoms with van der Waals surface area (Å²) in [6.07, 6.45) is -8.43. The van der Waals surface area contributed by atoms with Gasteiger partial charge in [0.15, 0.2) is 12.4 Å². The molecule has 32 heavy (non-hydrogen) atoms. The maximum atomic E-state index is 11.2. The van der Waals surface area contributed by atoms with E-state index in [1.165, 1.54) is 6.92 Å². The number of carboxylic acids is 1. The number of hydrogen-bond acceptors (Lipinski definition) is 12. The Bertz CT molecular complexity index is 585. The van der Waals surface area contributed by atoms with Crippen LogP contribution in [0.2, 0.25) is 0 Å². The molecule has 2 rings (SSSR count). The van der Waals surface area contributed by atoms with Crippen LogP contribution in [0.3, 0.4) is 0 Å². The lowest BCUT2D eigenvalue weighted by Gasteiger charge is -2.45. The quantitative estimate of drug-likeness (QED) is 0.145. The minimum Gasteiger partial charge on any atom is -0.479 e. The van der Waals surface area contributed by atoms with Crippen molar-refractivity contribution in [3.05, 3.63) is 0 Å². The highest BCUT2D eigenvalue weighted by atomic mass is 16.6. The minimum absolute atomic E-state index is 0.0447. The molecule has 2 aliphatic heterocycles. The molecule has 8 N–H and O–H groups in total. The predicted molar refractivity (Wildman–Crippen MR) is 108 cm³/mol. The highest BCUT2D eigenvalue weighted by molar-refractivity contribution is 5.71. The molecule has 13 nitrogen and oxygen atoms in total. The van der Waals surface area contributed by atoms with E-state index in [1.54, 1.807) is 14.1 Å². The summed E-state index contributed by atoms with van der Waals surface area (Å²) in [5, 5.41) is 65.0. The van der Waals surface area contributed by atoms with Crippen LogP contribution < -0.4 is 10.6 Å². The van der Waals surface area contributed by atoms with Gasteiger partial charge in [0.2, 0.25) is 0 Å². The van der Waals surface area contributed by atoms with Crippen molar-refractivity contribution in [3.8, 4) is 0 Å². The molecule has 0 saturated carbocycles. The van der Waals surface area contributed by atoms with Gasteiger partial charge in [-0.25, -0.2) is 4.79 Å². The second-order valence-electron chi connectivity index (χ2n) is 8.04. The first-order valence-electron chi connectivity index (χ1n) is 10.6. The number of ether oxygens (including phenoxy) is 4. The second-order valence-corrected chi connectivity index (χ2v) is 8.04. The molecule has 11 atom stereocenters. The minimum atomic E-state index is -1.29. The summed E-state index contributed by atoms with van der Waals surface area (Å²) >= 11 is 0. The Kier molecular flexibility index (Phi) is 10.6. The molecular formula is C19H36N2O11. The van der Waals surface area contributed by atoms with E-state index in [4.69, 9.17) is 24.1 Å². The topological polar surface area (TPSA) is 199 Å². The molecule has 0 aliphatic carbocycles. The predicted octanol–water partition coefficient (Wildman–Crippen LogP) is -4.16. The molecule has 2 saturated heterocycles. The van der Waals surface area contributed by atoms with E-state index < -0.39 is 86.2 Å². The first-order chi connectivity index (χ1) is 15.2. The average molecular weight is 469 g/mol. The number of aliphatic carboxylic acids is 1. The maximum absolute atomic E-state index is 11.2. The number of hydrogen-bond donors (Lipinski definition) is 8. The lowest BCUT2D eigenvalue weighted by Crippen LogP contribution is -2.65. The smallest absolute Gasteiger partial charge is 0.332 e. The molecule has 0 bridgehead atoms. The van der Waals surface area contributed by atoms with E-state index in [9.17, 15) is 30.3 Å². The van der Waals surface area contributed by atoms with Crippen LogP contribution in [0.25, 0.3) is 0 Å². The molecule has 0 aromatic rings. The van der Waals surface area contributed by atoms with Crippen LogP contribution in [-0.2, 0) is 23.7 Å². The van der Waals surface area contributed by atoms with Crippen molar-refractivity contribution in [2.24, 2.45) is 5.92 Å². The Hall–Kier alpha value is -0.970. The Morgan fingerprint density at radius 3 is 2.09 bits per heavy atom. The van der Waals surface area contributed by atoms with Crippen molar-refractivity contribution < 1.29 is 54.4 Å². The molecule has 188 valence electrons. The molecule has 5 unspecified atom stereocenters. The van der Waals surface area contributed by atoms with Crippen LogP contribution in [0.15, 0.2) is 0 Å². The van der Waals surface area contributed by atoms with Gasteiger partial charge in [-0.15, -0.1) is 0 Å². The number of nitrogens with one attached hydrogen (secondary N) is 2. The monoisotopic (exact) mass is 468 g/mol. The average Bonchev–Trinajstić information content (AvgIpc) is 2.76. The zero-order valence-electron chi connectivity index (χ0n) is 18.4. The largest absolute Gasteiger partial charge is 0.479 e. The summed E-state index contributed by atoms with van der Waals surface area (Å²) in [4.78, 5) is 11.2. The molecule has 0 aromatic heterocycles. The van der Waals surface area contributed by atoms with E-state index in [-0.39, 0.29) is 13.2 Å². The van der Waals surface area contributed by atoms with Gasteiger partial charge in [0.05, 0.1) is 56.8 Å². The summed E-state index contributed by atoms with van der Waals surface area (Å²) < 4.78 is 22.4. The third-order valence-electron chi connectivity index (χ3n) is 6.06. The van der Waals surface area contributed by atoms with Crippen molar-refractivity contribution in [1.29, 1.82) is 0 Å². The number of carbonyl (C=O) groups is 1. The molecular weight excluding hydrogens is 432 g/mol. The second kappa shape index (κ2) is 12.5. The number of carboxylic acid groups (broad SMARTS) is 1. The molecule has 0 aromatic carbocycles. The van der Waals surface area contributed by atoms with Crippen LogP contribution in [0.4, 0.5) is 0 Å². The zero-order valence-corrected chi connectivity index (χ0v) is 18.4. The van der Waals surface area contributed by atoms with Crippen LogP contribution in [0.1, 0.15) is 6.92 Å². The molecule has 0 radical (unpaired) electrons. The van der Waals surface area contributed by atoms with Crippen molar-refractivity contribution >= 4 is 5.97 Å². The normalized spacial score (nSPS) is 41.4. The molecule has 13 heteroatoms. The summed E-state index contributed by atoms with van der Waals surface area (Å²) in [5.41, 5.74) is 0. The van der Waals surface area contributed by atoms with Gasteiger partial charge in [0.25, 0.3) is 0 Å². The van der Waals surface area contributed by atoms with Crippen LogP contribution in [-0.4, -0.2) is 138 Å². The van der Waals surface area contributed by atoms with Gasteiger partial charge >= 0.3 is 5.97 Å². The summed E-state index contributed by atoms with van der Waals surface area (Å²) in [6, 6.07) is -1.44. The van der Waals surface area contributed by atoms with Crippen molar-refractivity contribution in [2.75, 3.05) is 40.5 Å². The summed E-state index contributed by atoms with van der Waals surface area (Å²) in [6.45, 7) is 0.294. The highest BCUT2D eigenvalue weighted by Crippen LogP contribution is 2.28. The molecule has 2 aliphatic rings. The fourth-order valence-corrected chi connectivity index (χ4v) is 4.17. The van der Waals surface area contributed by atoms with Crippen LogP contribution >= 0.6 is 0 Å².